The van der Waals surface area contributed by atoms with Crippen LogP contribution in [0.15, 0.2) is 59.5 Å². The smallest absolute Gasteiger partial charge is 0.342 e. The molecule has 0 spiro atoms. The quantitative estimate of drug-likeness (QED) is 0.554. The lowest BCUT2D eigenvalue weighted by molar-refractivity contribution is 0.0529. The zero-order valence-corrected chi connectivity index (χ0v) is 15.6. The van der Waals surface area contributed by atoms with Gasteiger partial charge in [0.25, 0.3) is 5.56 Å². The molecule has 2 aromatic carbocycles. The minimum absolute atomic E-state index is 0.0414. The molecule has 140 valence electrons. The van der Waals surface area contributed by atoms with Crippen LogP contribution in [0.5, 0.6) is 0 Å². The van der Waals surface area contributed by atoms with Crippen LogP contribution >= 0.6 is 0 Å². The lowest BCUT2D eigenvalue weighted by Gasteiger charge is -2.17. The van der Waals surface area contributed by atoms with Crippen LogP contribution in [0.4, 0.5) is 5.82 Å². The number of rotatable bonds is 3. The molecule has 6 heteroatoms. The largest absolute Gasteiger partial charge is 0.462 e. The fourth-order valence-electron chi connectivity index (χ4n) is 3.56. The Hall–Kier alpha value is -3.67. The first kappa shape index (κ1) is 17.7. The number of aromatic nitrogens is 2. The maximum Gasteiger partial charge on any atom is 0.342 e. The minimum Gasteiger partial charge on any atom is -0.462 e. The van der Waals surface area contributed by atoms with E-state index in [0.717, 1.165) is 10.9 Å². The van der Waals surface area contributed by atoms with E-state index in [4.69, 9.17) is 10.5 Å². The molecular weight excluding hydrogens is 354 g/mol. The maximum absolute atomic E-state index is 13.5. The molecule has 6 nitrogen and oxygen atoms in total. The molecule has 28 heavy (non-hydrogen) atoms. The van der Waals surface area contributed by atoms with Crippen LogP contribution in [0, 0.1) is 6.92 Å². The minimum atomic E-state index is -0.558. The lowest BCUT2D eigenvalue weighted by Crippen LogP contribution is -2.26. The average molecular weight is 373 g/mol. The number of ether oxygens (including phenoxy) is 1. The van der Waals surface area contributed by atoms with Gasteiger partial charge in [-0.25, -0.2) is 4.79 Å². The molecule has 0 amide bonds. The second-order valence-corrected chi connectivity index (χ2v) is 6.47. The fraction of sp³-hybridized carbons (Fsp3) is 0.136. The number of hydrogen-bond acceptors (Lipinski definition) is 5. The predicted octanol–water partition coefficient (Wildman–Crippen LogP) is 3.61. The van der Waals surface area contributed by atoms with Crippen molar-refractivity contribution in [2.24, 2.45) is 0 Å². The van der Waals surface area contributed by atoms with Crippen molar-refractivity contribution in [3.05, 3.63) is 76.2 Å². The first-order valence-corrected chi connectivity index (χ1v) is 8.99. The van der Waals surface area contributed by atoms with E-state index in [1.807, 2.05) is 37.3 Å². The highest BCUT2D eigenvalue weighted by atomic mass is 16.5. The standard InChI is InChI=1S/C22H19N3O3/c1-3-28-22(27)18-15-10-4-7-13(2)17(15)21(26)25(20(18)23)16-11-5-8-14-9-6-12-24-19(14)16/h4-12H,3,23H2,1-2H3. The van der Waals surface area contributed by atoms with Gasteiger partial charge >= 0.3 is 5.97 Å². The summed E-state index contributed by atoms with van der Waals surface area (Å²) in [6, 6.07) is 14.6. The van der Waals surface area contributed by atoms with Crippen LogP contribution < -0.4 is 11.3 Å². The molecule has 0 unspecified atom stereocenters. The predicted molar refractivity (Wildman–Crippen MR) is 110 cm³/mol. The van der Waals surface area contributed by atoms with Crippen molar-refractivity contribution < 1.29 is 9.53 Å². The number of nitrogens with two attached hydrogens (primary N) is 1. The number of nitrogens with zero attached hydrogens (tertiary/aromatic N) is 2. The number of pyridine rings is 2. The Morgan fingerprint density at radius 3 is 2.68 bits per heavy atom. The summed E-state index contributed by atoms with van der Waals surface area (Å²) in [6.45, 7) is 3.77. The monoisotopic (exact) mass is 373 g/mol. The second kappa shape index (κ2) is 6.81. The number of hydrogen-bond donors (Lipinski definition) is 1. The molecular formula is C22H19N3O3. The van der Waals surface area contributed by atoms with Gasteiger partial charge in [-0.3, -0.25) is 14.3 Å². The second-order valence-electron chi connectivity index (χ2n) is 6.47. The Morgan fingerprint density at radius 2 is 1.89 bits per heavy atom. The van der Waals surface area contributed by atoms with Gasteiger partial charge in [-0.1, -0.05) is 36.4 Å². The van der Waals surface area contributed by atoms with Crippen molar-refractivity contribution in [3.63, 3.8) is 0 Å². The van der Waals surface area contributed by atoms with Crippen molar-refractivity contribution in [3.8, 4) is 5.69 Å². The van der Waals surface area contributed by atoms with Crippen molar-refractivity contribution in [2.75, 3.05) is 12.3 Å². The number of anilines is 1. The molecule has 0 bridgehead atoms. The van der Waals surface area contributed by atoms with Crippen LogP contribution in [0.2, 0.25) is 0 Å². The summed E-state index contributed by atoms with van der Waals surface area (Å²) < 4.78 is 6.58. The highest BCUT2D eigenvalue weighted by molar-refractivity contribution is 6.09. The summed E-state index contributed by atoms with van der Waals surface area (Å²) >= 11 is 0. The van der Waals surface area contributed by atoms with E-state index in [0.29, 0.717) is 22.0 Å². The van der Waals surface area contributed by atoms with Crippen LogP contribution in [-0.4, -0.2) is 22.1 Å². The van der Waals surface area contributed by atoms with Crippen LogP contribution in [0.3, 0.4) is 0 Å². The Balaban J connectivity index is 2.20. The van der Waals surface area contributed by atoms with E-state index in [1.165, 1.54) is 4.57 Å². The van der Waals surface area contributed by atoms with E-state index in [9.17, 15) is 9.59 Å². The number of nitrogen functional groups attached to an aromatic ring is 1. The Morgan fingerprint density at radius 1 is 1.14 bits per heavy atom. The van der Waals surface area contributed by atoms with Gasteiger partial charge in [-0.05, 0) is 31.5 Å². The molecule has 0 aliphatic heterocycles. The summed E-state index contributed by atoms with van der Waals surface area (Å²) in [5, 5.41) is 1.80. The molecule has 2 aromatic heterocycles. The molecule has 0 saturated carbocycles. The topological polar surface area (TPSA) is 87.2 Å². The molecule has 2 N–H and O–H groups in total. The normalized spacial score (nSPS) is 11.1. The average Bonchev–Trinajstić information content (AvgIpc) is 2.68. The number of carbonyl (C=O) groups excluding carboxylic acids is 1. The van der Waals surface area contributed by atoms with Gasteiger partial charge in [0.05, 0.1) is 23.2 Å². The molecule has 2 heterocycles. The van der Waals surface area contributed by atoms with Crippen molar-refractivity contribution in [1.29, 1.82) is 0 Å². The van der Waals surface area contributed by atoms with Gasteiger partial charge in [0.2, 0.25) is 0 Å². The zero-order valence-electron chi connectivity index (χ0n) is 15.6. The number of benzene rings is 2. The van der Waals surface area contributed by atoms with Gasteiger partial charge in [-0.2, -0.15) is 0 Å². The molecule has 0 atom stereocenters. The van der Waals surface area contributed by atoms with E-state index in [1.54, 1.807) is 31.3 Å². The third-order valence-corrected chi connectivity index (χ3v) is 4.79. The van der Waals surface area contributed by atoms with Crippen molar-refractivity contribution in [2.45, 2.75) is 13.8 Å². The van der Waals surface area contributed by atoms with Gasteiger partial charge < -0.3 is 10.5 Å². The van der Waals surface area contributed by atoms with Crippen LogP contribution in [-0.2, 0) is 4.74 Å². The van der Waals surface area contributed by atoms with Gasteiger partial charge in [0.1, 0.15) is 11.4 Å². The third kappa shape index (κ3) is 2.62. The molecule has 0 aliphatic rings. The highest BCUT2D eigenvalue weighted by Gasteiger charge is 2.23. The van der Waals surface area contributed by atoms with Gasteiger partial charge in [0.15, 0.2) is 0 Å². The van der Waals surface area contributed by atoms with Gasteiger partial charge in [-0.15, -0.1) is 0 Å². The summed E-state index contributed by atoms with van der Waals surface area (Å²) in [4.78, 5) is 30.6. The Labute approximate surface area is 161 Å². The molecule has 0 aliphatic carbocycles. The summed E-state index contributed by atoms with van der Waals surface area (Å²) in [7, 11) is 0. The highest BCUT2D eigenvalue weighted by Crippen LogP contribution is 2.29. The number of para-hydroxylation sites is 1. The number of aryl methyl sites for hydroxylation is 1. The summed E-state index contributed by atoms with van der Waals surface area (Å²) in [5.41, 5.74) is 8.19. The third-order valence-electron chi connectivity index (χ3n) is 4.79. The molecule has 0 fully saturated rings. The van der Waals surface area contributed by atoms with Crippen LogP contribution in [0.1, 0.15) is 22.8 Å². The number of fused-ring (bicyclic) bond motifs is 2. The van der Waals surface area contributed by atoms with Crippen molar-refractivity contribution >= 4 is 33.5 Å². The summed E-state index contributed by atoms with van der Waals surface area (Å²) in [5.74, 6) is -0.516. The van der Waals surface area contributed by atoms with E-state index >= 15 is 0 Å². The van der Waals surface area contributed by atoms with Gasteiger partial charge in [0, 0.05) is 17.0 Å². The number of esters is 1. The lowest BCUT2D eigenvalue weighted by atomic mass is 10.0. The van der Waals surface area contributed by atoms with E-state index in [2.05, 4.69) is 4.98 Å². The summed E-state index contributed by atoms with van der Waals surface area (Å²) in [6.07, 6.45) is 1.66. The van der Waals surface area contributed by atoms with Crippen LogP contribution in [0.25, 0.3) is 27.4 Å². The first-order valence-electron chi connectivity index (χ1n) is 8.99. The van der Waals surface area contributed by atoms with Crippen molar-refractivity contribution in [1.82, 2.24) is 9.55 Å². The molecule has 0 radical (unpaired) electrons. The zero-order chi connectivity index (χ0) is 19.8. The molecule has 4 aromatic rings. The van der Waals surface area contributed by atoms with E-state index in [-0.39, 0.29) is 23.5 Å². The SMILES string of the molecule is CCOC(=O)c1c(N)n(-c2cccc3cccnc23)c(=O)c2c(C)cccc12. The molecule has 0 saturated heterocycles. The Bertz CT molecular complexity index is 1290. The van der Waals surface area contributed by atoms with E-state index < -0.39 is 5.97 Å². The Kier molecular flexibility index (Phi) is 4.31. The maximum atomic E-state index is 13.5. The molecule has 4 rings (SSSR count). The first-order chi connectivity index (χ1) is 13.5. The number of carbonyl (C=O) groups is 1. The fourth-order valence-corrected chi connectivity index (χ4v) is 3.56.